The van der Waals surface area contributed by atoms with Crippen LogP contribution in [0, 0.1) is 6.92 Å². The number of rotatable bonds is 10. The summed E-state index contributed by atoms with van der Waals surface area (Å²) in [6.45, 7) is 3.42. The van der Waals surface area contributed by atoms with Gasteiger partial charge in [-0.1, -0.05) is 48.0 Å². The Morgan fingerprint density at radius 2 is 1.64 bits per heavy atom. The van der Waals surface area contributed by atoms with Crippen molar-refractivity contribution >= 4 is 33.8 Å². The third-order valence-electron chi connectivity index (χ3n) is 5.63. The number of nitrogens with one attached hydrogen (secondary N) is 1. The molecule has 1 aromatic heterocycles. The molecule has 0 saturated carbocycles. The molecule has 0 aliphatic rings. The van der Waals surface area contributed by atoms with E-state index in [1.807, 2.05) is 6.92 Å². The van der Waals surface area contributed by atoms with Gasteiger partial charge in [0.25, 0.3) is 15.9 Å². The molecule has 0 unspecified atom stereocenters. The molecule has 4 rings (SSSR count). The molecular formula is C29H27N3O6S. The Balaban J connectivity index is 1.43. The number of anilines is 1. The molecule has 10 heteroatoms. The first-order valence-corrected chi connectivity index (χ1v) is 13.6. The van der Waals surface area contributed by atoms with E-state index in [0.29, 0.717) is 29.4 Å². The van der Waals surface area contributed by atoms with Crippen LogP contribution in [0.3, 0.4) is 0 Å². The Bertz CT molecular complexity index is 1560. The Kier molecular flexibility index (Phi) is 8.57. The number of para-hydroxylation sites is 1. The highest BCUT2D eigenvalue weighted by molar-refractivity contribution is 7.92. The zero-order valence-electron chi connectivity index (χ0n) is 21.4. The number of hydrazone groups is 1. The summed E-state index contributed by atoms with van der Waals surface area (Å²) < 4.78 is 38.5. The lowest BCUT2D eigenvalue weighted by Crippen LogP contribution is -2.39. The van der Waals surface area contributed by atoms with Crippen LogP contribution in [0.25, 0.3) is 11.3 Å². The third kappa shape index (κ3) is 6.79. The molecule has 1 amide bonds. The molecule has 9 nitrogen and oxygen atoms in total. The molecular weight excluding hydrogens is 518 g/mol. The predicted octanol–water partition coefficient (Wildman–Crippen LogP) is 4.78. The number of hydrogen-bond acceptors (Lipinski definition) is 7. The van der Waals surface area contributed by atoms with Crippen LogP contribution in [-0.2, 0) is 19.6 Å². The van der Waals surface area contributed by atoms with Crippen LogP contribution in [0.1, 0.15) is 28.6 Å². The summed E-state index contributed by atoms with van der Waals surface area (Å²) in [5, 5.41) is 3.92. The maximum Gasteiger partial charge on any atom is 0.338 e. The lowest BCUT2D eigenvalue weighted by molar-refractivity contribution is -0.119. The van der Waals surface area contributed by atoms with Gasteiger partial charge in [0.1, 0.15) is 18.1 Å². The van der Waals surface area contributed by atoms with Gasteiger partial charge in [-0.15, -0.1) is 0 Å². The largest absolute Gasteiger partial charge is 0.462 e. The first-order chi connectivity index (χ1) is 18.8. The maximum atomic E-state index is 13.4. The van der Waals surface area contributed by atoms with Crippen molar-refractivity contribution in [2.45, 2.75) is 18.7 Å². The number of furan rings is 1. The molecule has 0 spiro atoms. The fraction of sp³-hybridized carbons (Fsp3) is 0.138. The Hall–Kier alpha value is -4.70. The number of esters is 1. The molecule has 1 N–H and O–H groups in total. The van der Waals surface area contributed by atoms with Crippen LogP contribution in [0.4, 0.5) is 5.69 Å². The van der Waals surface area contributed by atoms with Crippen molar-refractivity contribution in [1.29, 1.82) is 0 Å². The van der Waals surface area contributed by atoms with E-state index in [1.54, 1.807) is 85.8 Å². The Morgan fingerprint density at radius 1 is 0.949 bits per heavy atom. The molecule has 0 fully saturated rings. The summed E-state index contributed by atoms with van der Waals surface area (Å²) in [4.78, 5) is 24.6. The highest BCUT2D eigenvalue weighted by Gasteiger charge is 2.27. The molecule has 0 saturated heterocycles. The first-order valence-electron chi connectivity index (χ1n) is 12.1. The summed E-state index contributed by atoms with van der Waals surface area (Å²) in [6.07, 6.45) is 1.32. The van der Waals surface area contributed by atoms with Crippen LogP contribution < -0.4 is 9.73 Å². The van der Waals surface area contributed by atoms with E-state index in [2.05, 4.69) is 10.5 Å². The topological polar surface area (TPSA) is 118 Å². The normalized spacial score (nSPS) is 11.3. The van der Waals surface area contributed by atoms with Gasteiger partial charge in [0.05, 0.1) is 29.0 Å². The first kappa shape index (κ1) is 27.3. The molecule has 0 aliphatic heterocycles. The maximum absolute atomic E-state index is 13.4. The summed E-state index contributed by atoms with van der Waals surface area (Å²) in [5.74, 6) is -0.124. The average Bonchev–Trinajstić information content (AvgIpc) is 3.41. The molecule has 4 aromatic rings. The fourth-order valence-corrected chi connectivity index (χ4v) is 5.06. The minimum Gasteiger partial charge on any atom is -0.462 e. The molecule has 3 aromatic carbocycles. The highest BCUT2D eigenvalue weighted by atomic mass is 32.2. The number of aryl methyl sites for hydroxylation is 1. The second kappa shape index (κ2) is 12.2. The molecule has 0 aliphatic carbocycles. The quantitative estimate of drug-likeness (QED) is 0.174. The van der Waals surface area contributed by atoms with Crippen molar-refractivity contribution in [3.8, 4) is 11.3 Å². The second-order valence-corrected chi connectivity index (χ2v) is 10.3. The highest BCUT2D eigenvalue weighted by Crippen LogP contribution is 2.24. The van der Waals surface area contributed by atoms with Crippen LogP contribution in [0.15, 0.2) is 105 Å². The van der Waals surface area contributed by atoms with Crippen molar-refractivity contribution in [3.63, 3.8) is 0 Å². The van der Waals surface area contributed by atoms with E-state index in [0.717, 1.165) is 15.4 Å². The van der Waals surface area contributed by atoms with Gasteiger partial charge in [0.15, 0.2) is 0 Å². The van der Waals surface area contributed by atoms with Gasteiger partial charge in [0, 0.05) is 5.56 Å². The van der Waals surface area contributed by atoms with Crippen LogP contribution in [-0.4, -0.2) is 39.7 Å². The lowest BCUT2D eigenvalue weighted by atomic mass is 10.1. The van der Waals surface area contributed by atoms with E-state index in [-0.39, 0.29) is 4.90 Å². The van der Waals surface area contributed by atoms with Crippen molar-refractivity contribution in [2.75, 3.05) is 17.5 Å². The number of benzene rings is 3. The molecule has 1 heterocycles. The van der Waals surface area contributed by atoms with Crippen LogP contribution in [0.5, 0.6) is 0 Å². The number of carbonyl (C=O) groups is 2. The van der Waals surface area contributed by atoms with Gasteiger partial charge in [-0.3, -0.25) is 9.10 Å². The van der Waals surface area contributed by atoms with Gasteiger partial charge in [-0.2, -0.15) is 5.10 Å². The van der Waals surface area contributed by atoms with Gasteiger partial charge in [-0.05, 0) is 62.4 Å². The number of carbonyl (C=O) groups excluding carboxylic acids is 2. The number of sulfonamides is 1. The molecule has 0 bridgehead atoms. The summed E-state index contributed by atoms with van der Waals surface area (Å²) in [7, 11) is -4.01. The molecule has 39 heavy (non-hydrogen) atoms. The lowest BCUT2D eigenvalue weighted by Gasteiger charge is -2.23. The van der Waals surface area contributed by atoms with E-state index >= 15 is 0 Å². The minimum absolute atomic E-state index is 0.0756. The predicted molar refractivity (Wildman–Crippen MR) is 148 cm³/mol. The molecule has 200 valence electrons. The zero-order valence-corrected chi connectivity index (χ0v) is 22.2. The monoisotopic (exact) mass is 545 g/mol. The van der Waals surface area contributed by atoms with Gasteiger partial charge in [0.2, 0.25) is 0 Å². The summed E-state index contributed by atoms with van der Waals surface area (Å²) in [6, 6.07) is 25.0. The smallest absolute Gasteiger partial charge is 0.338 e. The van der Waals surface area contributed by atoms with Crippen LogP contribution in [0.2, 0.25) is 0 Å². The number of hydrogen-bond donors (Lipinski definition) is 1. The standard InChI is InChI=1S/C29H27N3O6S/c1-3-37-29(34)23-13-11-22(12-14-23)27-18-15-25(38-27)19-30-31-28(33)20-32(24-7-5-4-6-8-24)39(35,36)26-16-9-21(2)10-17-26/h4-19H,3,20H2,1-2H3,(H,31,33)/b30-19+. The van der Waals surface area contributed by atoms with Crippen molar-refractivity contribution in [1.82, 2.24) is 5.43 Å². The van der Waals surface area contributed by atoms with Gasteiger partial charge < -0.3 is 9.15 Å². The zero-order chi connectivity index (χ0) is 27.8. The Morgan fingerprint density at radius 3 is 2.31 bits per heavy atom. The van der Waals surface area contributed by atoms with E-state index in [1.165, 1.54) is 18.3 Å². The average molecular weight is 546 g/mol. The summed E-state index contributed by atoms with van der Waals surface area (Å²) in [5.41, 5.74) is 4.80. The fourth-order valence-electron chi connectivity index (χ4n) is 3.64. The Labute approximate surface area is 226 Å². The van der Waals surface area contributed by atoms with Crippen molar-refractivity contribution in [3.05, 3.63) is 108 Å². The van der Waals surface area contributed by atoms with E-state index in [9.17, 15) is 18.0 Å². The minimum atomic E-state index is -4.01. The van der Waals surface area contributed by atoms with E-state index in [4.69, 9.17) is 9.15 Å². The van der Waals surface area contributed by atoms with Crippen molar-refractivity contribution in [2.24, 2.45) is 5.10 Å². The third-order valence-corrected chi connectivity index (χ3v) is 7.42. The molecule has 0 atom stereocenters. The number of amides is 1. The van der Waals surface area contributed by atoms with Crippen molar-refractivity contribution < 1.29 is 27.2 Å². The number of nitrogens with zero attached hydrogens (tertiary/aromatic N) is 2. The van der Waals surface area contributed by atoms with E-state index < -0.39 is 28.4 Å². The second-order valence-electron chi connectivity index (χ2n) is 8.45. The SMILES string of the molecule is CCOC(=O)c1ccc(-c2ccc(/C=N/NC(=O)CN(c3ccccc3)S(=O)(=O)c3ccc(C)cc3)o2)cc1. The van der Waals surface area contributed by atoms with Gasteiger partial charge in [-0.25, -0.2) is 18.6 Å². The van der Waals surface area contributed by atoms with Crippen LogP contribution >= 0.6 is 0 Å². The molecule has 0 radical (unpaired) electrons. The van der Waals surface area contributed by atoms with Gasteiger partial charge >= 0.3 is 5.97 Å². The number of ether oxygens (including phenoxy) is 1. The summed E-state index contributed by atoms with van der Waals surface area (Å²) >= 11 is 0.